The molecule has 1 aromatic rings. The van der Waals surface area contributed by atoms with Crippen LogP contribution in [0.2, 0.25) is 0 Å². The van der Waals surface area contributed by atoms with E-state index in [1.54, 1.807) is 0 Å². The van der Waals surface area contributed by atoms with Gasteiger partial charge in [0.15, 0.2) is 0 Å². The molecule has 0 radical (unpaired) electrons. The van der Waals surface area contributed by atoms with Gasteiger partial charge in [0.05, 0.1) is 16.7 Å². The summed E-state index contributed by atoms with van der Waals surface area (Å²) in [6, 6.07) is 0.648. The first-order valence-electron chi connectivity index (χ1n) is 4.21. The van der Waals surface area contributed by atoms with E-state index in [1.807, 2.05) is 0 Å². The van der Waals surface area contributed by atoms with E-state index in [9.17, 15) is 23.3 Å². The highest BCUT2D eigenvalue weighted by Crippen LogP contribution is 2.29. The van der Waals surface area contributed by atoms with Gasteiger partial charge in [-0.3, -0.25) is 10.1 Å². The van der Waals surface area contributed by atoms with Gasteiger partial charge < -0.3 is 4.74 Å². The molecule has 0 aliphatic rings. The van der Waals surface area contributed by atoms with Crippen molar-refractivity contribution in [1.82, 2.24) is 4.98 Å². The standard InChI is InChI=1S/C8H6BrF3N2O3/c1-4-5(3-9)13-7(17-8(10,11)12)2-6(4)14(15)16/h2H,3H2,1H3. The maximum absolute atomic E-state index is 12.0. The third kappa shape index (κ3) is 3.55. The Morgan fingerprint density at radius 3 is 2.59 bits per heavy atom. The second-order valence-electron chi connectivity index (χ2n) is 2.99. The maximum atomic E-state index is 12.0. The van der Waals surface area contributed by atoms with Crippen LogP contribution >= 0.6 is 15.9 Å². The predicted octanol–water partition coefficient (Wildman–Crippen LogP) is 3.09. The van der Waals surface area contributed by atoms with Gasteiger partial charge in [-0.1, -0.05) is 15.9 Å². The SMILES string of the molecule is Cc1c([N+](=O)[O-])cc(OC(F)(F)F)nc1CBr. The molecule has 0 bridgehead atoms. The lowest BCUT2D eigenvalue weighted by Crippen LogP contribution is -2.18. The fourth-order valence-corrected chi connectivity index (χ4v) is 1.66. The minimum absolute atomic E-state index is 0.0920. The van der Waals surface area contributed by atoms with E-state index in [4.69, 9.17) is 0 Å². The highest BCUT2D eigenvalue weighted by Gasteiger charge is 2.33. The first kappa shape index (κ1) is 13.7. The van der Waals surface area contributed by atoms with Crippen LogP contribution in [0.3, 0.4) is 0 Å². The molecule has 0 aliphatic carbocycles. The van der Waals surface area contributed by atoms with Gasteiger partial charge in [-0.15, -0.1) is 13.2 Å². The van der Waals surface area contributed by atoms with E-state index in [1.165, 1.54) is 6.92 Å². The topological polar surface area (TPSA) is 65.3 Å². The zero-order chi connectivity index (χ0) is 13.2. The van der Waals surface area contributed by atoms with Gasteiger partial charge in [-0.2, -0.15) is 0 Å². The summed E-state index contributed by atoms with van der Waals surface area (Å²) < 4.78 is 39.5. The average Bonchev–Trinajstić information content (AvgIpc) is 2.17. The van der Waals surface area contributed by atoms with Crippen molar-refractivity contribution < 1.29 is 22.8 Å². The molecule has 0 aliphatic heterocycles. The van der Waals surface area contributed by atoms with Crippen LogP contribution in [-0.2, 0) is 5.33 Å². The van der Waals surface area contributed by atoms with E-state index < -0.39 is 22.9 Å². The second-order valence-corrected chi connectivity index (χ2v) is 3.55. The summed E-state index contributed by atoms with van der Waals surface area (Å²) in [7, 11) is 0. The van der Waals surface area contributed by atoms with Crippen LogP contribution in [0.4, 0.5) is 18.9 Å². The molecule has 94 valence electrons. The predicted molar refractivity (Wildman–Crippen MR) is 54.9 cm³/mol. The molecular formula is C8H6BrF3N2O3. The molecule has 0 N–H and O–H groups in total. The molecule has 17 heavy (non-hydrogen) atoms. The molecule has 0 atom stereocenters. The summed E-state index contributed by atoms with van der Waals surface area (Å²) in [5.41, 5.74) is -0.145. The number of nitro groups is 1. The van der Waals surface area contributed by atoms with Crippen molar-refractivity contribution in [2.24, 2.45) is 0 Å². The smallest absolute Gasteiger partial charge is 0.388 e. The average molecular weight is 315 g/mol. The van der Waals surface area contributed by atoms with Crippen molar-refractivity contribution in [3.8, 4) is 5.88 Å². The molecule has 0 unspecified atom stereocenters. The van der Waals surface area contributed by atoms with Crippen molar-refractivity contribution >= 4 is 21.6 Å². The Morgan fingerprint density at radius 1 is 1.59 bits per heavy atom. The summed E-state index contributed by atoms with van der Waals surface area (Å²) in [5, 5.41) is 10.7. The zero-order valence-corrected chi connectivity index (χ0v) is 10.0. The molecule has 9 heteroatoms. The Kier molecular flexibility index (Phi) is 3.91. The second kappa shape index (κ2) is 4.86. The van der Waals surface area contributed by atoms with Gasteiger partial charge in [0.25, 0.3) is 5.69 Å². The lowest BCUT2D eigenvalue weighted by atomic mass is 10.2. The van der Waals surface area contributed by atoms with Gasteiger partial charge >= 0.3 is 6.36 Å². The molecule has 1 heterocycles. The first-order valence-corrected chi connectivity index (χ1v) is 5.33. The summed E-state index contributed by atoms with van der Waals surface area (Å²) >= 11 is 2.98. The Balaban J connectivity index is 3.25. The fraction of sp³-hybridized carbons (Fsp3) is 0.375. The lowest BCUT2D eigenvalue weighted by Gasteiger charge is -2.10. The number of hydrogen-bond donors (Lipinski definition) is 0. The number of halogens is 4. The van der Waals surface area contributed by atoms with E-state index in [-0.39, 0.29) is 16.6 Å². The Morgan fingerprint density at radius 2 is 2.18 bits per heavy atom. The van der Waals surface area contributed by atoms with Crippen LogP contribution in [0.25, 0.3) is 0 Å². The monoisotopic (exact) mass is 314 g/mol. The summed E-state index contributed by atoms with van der Waals surface area (Å²) in [6.07, 6.45) is -4.93. The molecule has 0 amide bonds. The number of rotatable bonds is 3. The van der Waals surface area contributed by atoms with Crippen molar-refractivity contribution in [2.75, 3.05) is 0 Å². The number of nitrogens with zero attached hydrogens (tertiary/aromatic N) is 2. The highest BCUT2D eigenvalue weighted by molar-refractivity contribution is 9.08. The maximum Gasteiger partial charge on any atom is 0.574 e. The quantitative estimate of drug-likeness (QED) is 0.488. The summed E-state index contributed by atoms with van der Waals surface area (Å²) in [6.45, 7) is 1.40. The normalized spacial score (nSPS) is 11.4. The van der Waals surface area contributed by atoms with Gasteiger partial charge in [0, 0.05) is 10.9 Å². The van der Waals surface area contributed by atoms with E-state index in [0.29, 0.717) is 6.07 Å². The van der Waals surface area contributed by atoms with Crippen molar-refractivity contribution in [2.45, 2.75) is 18.6 Å². The largest absolute Gasteiger partial charge is 0.574 e. The van der Waals surface area contributed by atoms with Crippen LogP contribution in [0.15, 0.2) is 6.07 Å². The van der Waals surface area contributed by atoms with Crippen molar-refractivity contribution in [3.63, 3.8) is 0 Å². The fourth-order valence-electron chi connectivity index (χ4n) is 1.11. The number of aromatic nitrogens is 1. The van der Waals surface area contributed by atoms with E-state index in [2.05, 4.69) is 25.7 Å². The molecule has 0 fully saturated rings. The first-order chi connectivity index (χ1) is 7.74. The lowest BCUT2D eigenvalue weighted by molar-refractivity contribution is -0.385. The number of hydrogen-bond acceptors (Lipinski definition) is 4. The summed E-state index contributed by atoms with van der Waals surface area (Å²) in [4.78, 5) is 13.4. The molecule has 0 saturated heterocycles. The van der Waals surface area contributed by atoms with Crippen molar-refractivity contribution in [1.29, 1.82) is 0 Å². The molecule has 0 spiro atoms. The van der Waals surface area contributed by atoms with Gasteiger partial charge in [0.1, 0.15) is 0 Å². The minimum atomic E-state index is -4.93. The van der Waals surface area contributed by atoms with E-state index >= 15 is 0 Å². The van der Waals surface area contributed by atoms with Gasteiger partial charge in [-0.05, 0) is 6.92 Å². The van der Waals surface area contributed by atoms with Crippen LogP contribution in [0.1, 0.15) is 11.3 Å². The third-order valence-corrected chi connectivity index (χ3v) is 2.40. The van der Waals surface area contributed by atoms with Crippen LogP contribution < -0.4 is 4.74 Å². The molecule has 1 aromatic heterocycles. The van der Waals surface area contributed by atoms with E-state index in [0.717, 1.165) is 0 Å². The summed E-state index contributed by atoms with van der Waals surface area (Å²) in [5.74, 6) is -0.843. The van der Waals surface area contributed by atoms with Crippen molar-refractivity contribution in [3.05, 3.63) is 27.4 Å². The van der Waals surface area contributed by atoms with Crippen LogP contribution in [-0.4, -0.2) is 16.3 Å². The molecule has 0 saturated carbocycles. The Bertz CT molecular complexity index is 450. The van der Waals surface area contributed by atoms with Crippen LogP contribution in [0, 0.1) is 17.0 Å². The highest BCUT2D eigenvalue weighted by atomic mass is 79.9. The molecular weight excluding hydrogens is 309 g/mol. The number of ether oxygens (including phenoxy) is 1. The zero-order valence-electron chi connectivity index (χ0n) is 8.42. The van der Waals surface area contributed by atoms with Gasteiger partial charge in [0.2, 0.25) is 5.88 Å². The minimum Gasteiger partial charge on any atom is -0.388 e. The number of pyridine rings is 1. The Hall–Kier alpha value is -1.38. The third-order valence-electron chi connectivity index (χ3n) is 1.87. The number of alkyl halides is 4. The van der Waals surface area contributed by atoms with Crippen LogP contribution in [0.5, 0.6) is 5.88 Å². The molecule has 1 rings (SSSR count). The molecule has 0 aromatic carbocycles. The molecule has 5 nitrogen and oxygen atoms in total. The Labute approximate surface area is 102 Å². The van der Waals surface area contributed by atoms with Gasteiger partial charge in [-0.25, -0.2) is 4.98 Å².